The number of rotatable bonds is 7. The molecule has 8 rings (SSSR count). The Bertz CT molecular complexity index is 2010. The first kappa shape index (κ1) is 32.9. The van der Waals surface area contributed by atoms with Crippen molar-refractivity contribution < 1.29 is 50.3 Å². The van der Waals surface area contributed by atoms with E-state index in [1.165, 1.54) is 0 Å². The Labute approximate surface area is 307 Å². The molecule has 1 aliphatic heterocycles. The number of benzene rings is 4. The van der Waals surface area contributed by atoms with E-state index in [4.69, 9.17) is 9.47 Å². The van der Waals surface area contributed by atoms with Gasteiger partial charge in [-0.15, -0.1) is 0 Å². The molecule has 0 atom stereocenters. The van der Waals surface area contributed by atoms with Crippen molar-refractivity contribution in [3.63, 3.8) is 0 Å². The van der Waals surface area contributed by atoms with Crippen molar-refractivity contribution in [2.75, 3.05) is 0 Å². The molecule has 0 bridgehead atoms. The molecule has 7 aromatic rings. The van der Waals surface area contributed by atoms with E-state index in [1.807, 2.05) is 84.9 Å². The third-order valence-corrected chi connectivity index (χ3v) is 15.7. The maximum absolute atomic E-state index is 6.30. The van der Waals surface area contributed by atoms with E-state index in [0.717, 1.165) is 43.7 Å². The van der Waals surface area contributed by atoms with Gasteiger partial charge < -0.3 is 0 Å². The molecule has 10 heteroatoms. The molecule has 4 heterocycles. The number of nitrogens with zero attached hydrogens (tertiary/aromatic N) is 5. The summed E-state index contributed by atoms with van der Waals surface area (Å²) < 4.78 is 15.5. The van der Waals surface area contributed by atoms with Crippen molar-refractivity contribution in [2.45, 2.75) is 0 Å². The molecule has 0 amide bonds. The van der Waals surface area contributed by atoms with Crippen LogP contribution in [0, 0.1) is 24.3 Å². The summed E-state index contributed by atoms with van der Waals surface area (Å²) in [6.45, 7) is 0. The molecule has 7 nitrogen and oxygen atoms in total. The monoisotopic (exact) mass is 987 g/mol. The van der Waals surface area contributed by atoms with E-state index in [2.05, 4.69) is 61.3 Å². The zero-order chi connectivity index (χ0) is 30.0. The van der Waals surface area contributed by atoms with Gasteiger partial charge in [-0.25, -0.2) is 0 Å². The molecule has 0 saturated carbocycles. The average Bonchev–Trinajstić information content (AvgIpc) is 3.42. The van der Waals surface area contributed by atoms with Crippen LogP contribution >= 0.6 is 0 Å². The van der Waals surface area contributed by atoms with Gasteiger partial charge in [0.15, 0.2) is 0 Å². The molecule has 0 N–H and O–H groups in total. The predicted molar refractivity (Wildman–Crippen MR) is 171 cm³/mol. The number of hydrogen-bond acceptors (Lipinski definition) is 7. The zero-order valence-corrected chi connectivity index (χ0v) is 30.8. The summed E-state index contributed by atoms with van der Waals surface area (Å²) >= 11 is -3.06. The summed E-state index contributed by atoms with van der Waals surface area (Å²) in [5.41, 5.74) is 5.55. The summed E-state index contributed by atoms with van der Waals surface area (Å²) in [6, 6.07) is 45.0. The van der Waals surface area contributed by atoms with E-state index in [1.54, 1.807) is 25.0 Å². The van der Waals surface area contributed by atoms with Crippen molar-refractivity contribution >= 4 is 31.8 Å². The Morgan fingerprint density at radius 1 is 0.468 bits per heavy atom. The van der Waals surface area contributed by atoms with Gasteiger partial charge in [-0.05, 0) is 0 Å². The topological polar surface area (TPSA) is 82.9 Å². The minimum absolute atomic E-state index is 0. The zero-order valence-electron chi connectivity index (χ0n) is 24.2. The summed E-state index contributed by atoms with van der Waals surface area (Å²) in [6.07, 6.45) is 6.63. The van der Waals surface area contributed by atoms with Gasteiger partial charge in [-0.2, -0.15) is 0 Å². The molecule has 4 aromatic carbocycles. The standard InChI is InChI=1S/C34H18N2O2.C3H2N3.Bi.2Pd/c1-3-21-35-33(11-1)27-7-5-9-31(23-27)37-29-17-13-25(14-18-29)26-15-19-30(20-16-26)38-32-10-6-8-28(24-32)34-12-2-4-22-36-34;1-4-2-6-3-5-1;;;/h1-13,15,17,19,21-22H;1-2H;;;/q-4;;;2*+2. The van der Waals surface area contributed by atoms with Crippen molar-refractivity contribution in [1.29, 1.82) is 0 Å². The molecular formula is C37H20BiN5O2Pd2. The molecule has 0 spiro atoms. The number of aromatic nitrogens is 5. The van der Waals surface area contributed by atoms with E-state index < -0.39 is 21.8 Å². The Morgan fingerprint density at radius 2 is 0.957 bits per heavy atom. The summed E-state index contributed by atoms with van der Waals surface area (Å²) in [7, 11) is 0. The van der Waals surface area contributed by atoms with Crippen LogP contribution in [0.2, 0.25) is 0 Å². The van der Waals surface area contributed by atoms with Gasteiger partial charge in [0.2, 0.25) is 0 Å². The van der Waals surface area contributed by atoms with Gasteiger partial charge in [0.25, 0.3) is 0 Å². The fourth-order valence-electron chi connectivity index (χ4n) is 5.09. The van der Waals surface area contributed by atoms with Crippen molar-refractivity contribution in [3.05, 3.63) is 146 Å². The average molecular weight is 988 g/mol. The second-order valence-corrected chi connectivity index (χ2v) is 17.6. The fraction of sp³-hybridized carbons (Fsp3) is 0. The Balaban J connectivity index is 0.00000193. The Kier molecular flexibility index (Phi) is 10.4. The quantitative estimate of drug-likeness (QED) is 0.159. The van der Waals surface area contributed by atoms with E-state index >= 15 is 0 Å². The van der Waals surface area contributed by atoms with Crippen LogP contribution in [-0.2, 0) is 40.8 Å². The summed E-state index contributed by atoms with van der Waals surface area (Å²) in [4.78, 5) is 22.1. The first-order valence-electron chi connectivity index (χ1n) is 14.1. The SMILES string of the molecule is [Pd+2].[Pd+2].[c-]1c(Oc2[c-][c]3c(cc2)-c2ccc(Oc4[c-]c(-c5ccccn5)ccc4)[c-][c]2[Bi]3[c]2ncncn2)cccc1-c1ccccn1. The molecule has 0 radical (unpaired) electrons. The van der Waals surface area contributed by atoms with Crippen molar-refractivity contribution in [2.24, 2.45) is 0 Å². The van der Waals surface area contributed by atoms with E-state index in [-0.39, 0.29) is 40.8 Å². The predicted octanol–water partition coefficient (Wildman–Crippen LogP) is 5.27. The molecule has 0 fully saturated rings. The van der Waals surface area contributed by atoms with E-state index in [0.29, 0.717) is 23.0 Å². The van der Waals surface area contributed by atoms with Crippen LogP contribution < -0.4 is 19.5 Å². The molecule has 0 aliphatic carbocycles. The van der Waals surface area contributed by atoms with Crippen LogP contribution in [0.1, 0.15) is 0 Å². The second kappa shape index (κ2) is 14.8. The molecular weight excluding hydrogens is 968 g/mol. The van der Waals surface area contributed by atoms with Gasteiger partial charge in [0.1, 0.15) is 0 Å². The molecule has 47 heavy (non-hydrogen) atoms. The molecule has 3 aromatic heterocycles. The summed E-state index contributed by atoms with van der Waals surface area (Å²) in [5, 5.41) is 0. The molecule has 0 saturated heterocycles. The third-order valence-electron chi connectivity index (χ3n) is 7.07. The summed E-state index contributed by atoms with van der Waals surface area (Å²) in [5.74, 6) is 2.37. The Hall–Kier alpha value is -4.00. The number of fused-ring (bicyclic) bond motifs is 3. The molecule has 230 valence electrons. The van der Waals surface area contributed by atoms with Crippen LogP contribution in [0.15, 0.2) is 122 Å². The first-order chi connectivity index (χ1) is 22.3. The number of ether oxygens (including phenoxy) is 2. The number of pyridine rings is 2. The van der Waals surface area contributed by atoms with E-state index in [9.17, 15) is 0 Å². The normalized spacial score (nSPS) is 11.4. The number of hydrogen-bond donors (Lipinski definition) is 0. The van der Waals surface area contributed by atoms with Crippen LogP contribution in [0.4, 0.5) is 0 Å². The van der Waals surface area contributed by atoms with Gasteiger partial charge >= 0.3 is 310 Å². The van der Waals surface area contributed by atoms with Crippen LogP contribution in [0.3, 0.4) is 0 Å². The van der Waals surface area contributed by atoms with Crippen LogP contribution in [0.25, 0.3) is 33.6 Å². The van der Waals surface area contributed by atoms with Crippen molar-refractivity contribution in [1.82, 2.24) is 24.9 Å². The minimum atomic E-state index is -3.06. The van der Waals surface area contributed by atoms with Gasteiger partial charge in [0.05, 0.1) is 0 Å². The molecule has 0 unspecified atom stereocenters. The van der Waals surface area contributed by atoms with Gasteiger partial charge in [0, 0.05) is 0 Å². The van der Waals surface area contributed by atoms with Crippen LogP contribution in [0.5, 0.6) is 23.0 Å². The fourth-order valence-corrected chi connectivity index (χ4v) is 13.9. The molecule has 1 aliphatic rings. The third kappa shape index (κ3) is 7.00. The van der Waals surface area contributed by atoms with Gasteiger partial charge in [-0.3, -0.25) is 0 Å². The second-order valence-electron chi connectivity index (χ2n) is 9.93. The first-order valence-corrected chi connectivity index (χ1v) is 19.3. The maximum atomic E-state index is 6.30. The van der Waals surface area contributed by atoms with Crippen LogP contribution in [-0.4, -0.2) is 46.7 Å². The van der Waals surface area contributed by atoms with Crippen molar-refractivity contribution in [3.8, 4) is 56.6 Å². The Morgan fingerprint density at radius 3 is 1.43 bits per heavy atom. The van der Waals surface area contributed by atoms with Gasteiger partial charge in [-0.1, -0.05) is 0 Å².